The van der Waals surface area contributed by atoms with Crippen LogP contribution in [0.4, 0.5) is 23.2 Å². The van der Waals surface area contributed by atoms with Crippen LogP contribution in [0.15, 0.2) is 48.5 Å². The van der Waals surface area contributed by atoms with Crippen LogP contribution in [0.3, 0.4) is 0 Å². The smallest absolute Gasteiger partial charge is 0.352 e. The van der Waals surface area contributed by atoms with Gasteiger partial charge in [-0.3, -0.25) is 13.9 Å². The van der Waals surface area contributed by atoms with Crippen LogP contribution >= 0.6 is 0 Å². The van der Waals surface area contributed by atoms with E-state index in [1.807, 2.05) is 0 Å². The molecule has 0 bridgehead atoms. The first kappa shape index (κ1) is 30.1. The molecular formula is C25H31F4N3O4S. The minimum absolute atomic E-state index is 0.00914. The van der Waals surface area contributed by atoms with Crippen molar-refractivity contribution in [1.29, 1.82) is 0 Å². The Morgan fingerprint density at radius 3 is 2.19 bits per heavy atom. The van der Waals surface area contributed by atoms with Crippen LogP contribution in [0.25, 0.3) is 0 Å². The second-order valence-corrected chi connectivity index (χ2v) is 10.9. The topological polar surface area (TPSA) is 86.8 Å². The summed E-state index contributed by atoms with van der Waals surface area (Å²) in [5.41, 5.74) is -0.580. The largest absolute Gasteiger partial charge is 0.416 e. The van der Waals surface area contributed by atoms with Gasteiger partial charge < -0.3 is 10.2 Å². The van der Waals surface area contributed by atoms with Gasteiger partial charge in [0.1, 0.15) is 11.9 Å². The third-order valence-corrected chi connectivity index (χ3v) is 6.67. The predicted molar refractivity (Wildman–Crippen MR) is 133 cm³/mol. The average Bonchev–Trinajstić information content (AvgIpc) is 2.79. The number of alkyl halides is 3. The van der Waals surface area contributed by atoms with Crippen molar-refractivity contribution in [1.82, 2.24) is 10.2 Å². The van der Waals surface area contributed by atoms with Crippen molar-refractivity contribution in [2.45, 2.75) is 58.4 Å². The molecule has 0 saturated carbocycles. The van der Waals surface area contributed by atoms with Gasteiger partial charge >= 0.3 is 6.18 Å². The highest BCUT2D eigenvalue weighted by molar-refractivity contribution is 7.92. The lowest BCUT2D eigenvalue weighted by Crippen LogP contribution is -2.49. The number of rotatable bonds is 11. The Hall–Kier alpha value is -3.15. The number of halogens is 4. The molecule has 2 amide bonds. The lowest BCUT2D eigenvalue weighted by atomic mass is 10.1. The van der Waals surface area contributed by atoms with Gasteiger partial charge in [-0.1, -0.05) is 18.2 Å². The highest BCUT2D eigenvalue weighted by Gasteiger charge is 2.32. The fourth-order valence-electron chi connectivity index (χ4n) is 3.62. The summed E-state index contributed by atoms with van der Waals surface area (Å²) in [4.78, 5) is 27.1. The van der Waals surface area contributed by atoms with Crippen LogP contribution in [-0.2, 0) is 32.3 Å². The Labute approximate surface area is 214 Å². The van der Waals surface area contributed by atoms with E-state index in [0.717, 1.165) is 28.8 Å². The molecule has 2 aromatic rings. The minimum atomic E-state index is -4.65. The van der Waals surface area contributed by atoms with Crippen molar-refractivity contribution in [3.8, 4) is 0 Å². The zero-order valence-corrected chi connectivity index (χ0v) is 21.9. The van der Waals surface area contributed by atoms with Gasteiger partial charge in [0.2, 0.25) is 21.8 Å². The first-order valence-electron chi connectivity index (χ1n) is 11.6. The quantitative estimate of drug-likeness (QED) is 0.426. The SMILES string of the molecule is CC(C)NC(=O)[C@H](C)N(Cc1ccc(F)cc1)C(=O)CCCN(c1cccc(C(F)(F)F)c1)S(C)(=O)=O. The molecular weight excluding hydrogens is 514 g/mol. The molecule has 204 valence electrons. The number of nitrogens with one attached hydrogen (secondary N) is 1. The van der Waals surface area contributed by atoms with E-state index in [4.69, 9.17) is 0 Å². The third-order valence-electron chi connectivity index (χ3n) is 5.48. The normalized spacial score (nSPS) is 12.8. The molecule has 7 nitrogen and oxygen atoms in total. The monoisotopic (exact) mass is 545 g/mol. The van der Waals surface area contributed by atoms with Gasteiger partial charge in [-0.15, -0.1) is 0 Å². The number of anilines is 1. The molecule has 1 N–H and O–H groups in total. The van der Waals surface area contributed by atoms with E-state index < -0.39 is 45.4 Å². The Morgan fingerprint density at radius 1 is 1.03 bits per heavy atom. The molecule has 0 saturated heterocycles. The number of hydrogen-bond acceptors (Lipinski definition) is 4. The molecule has 12 heteroatoms. The van der Waals surface area contributed by atoms with Crippen LogP contribution < -0.4 is 9.62 Å². The van der Waals surface area contributed by atoms with Gasteiger partial charge in [0, 0.05) is 25.6 Å². The number of nitrogens with zero attached hydrogens (tertiary/aromatic N) is 2. The summed E-state index contributed by atoms with van der Waals surface area (Å²) in [6.45, 7) is 4.84. The van der Waals surface area contributed by atoms with E-state index in [0.29, 0.717) is 5.56 Å². The number of amides is 2. The maximum atomic E-state index is 13.3. The highest BCUT2D eigenvalue weighted by Crippen LogP contribution is 2.32. The van der Waals surface area contributed by atoms with Crippen LogP contribution in [0.1, 0.15) is 44.7 Å². The number of carbonyl (C=O) groups is 2. The molecule has 37 heavy (non-hydrogen) atoms. The molecule has 0 aliphatic rings. The van der Waals surface area contributed by atoms with Crippen molar-refractivity contribution in [3.05, 3.63) is 65.5 Å². The third kappa shape index (κ3) is 9.03. The zero-order valence-electron chi connectivity index (χ0n) is 21.0. The molecule has 0 radical (unpaired) electrons. The molecule has 0 fully saturated rings. The van der Waals surface area contributed by atoms with Gasteiger partial charge in [0.25, 0.3) is 0 Å². The van der Waals surface area contributed by atoms with Crippen LogP contribution in [-0.4, -0.2) is 50.0 Å². The van der Waals surface area contributed by atoms with Crippen molar-refractivity contribution < 1.29 is 35.6 Å². The van der Waals surface area contributed by atoms with E-state index >= 15 is 0 Å². The summed E-state index contributed by atoms with van der Waals surface area (Å²) in [6.07, 6.45) is -3.97. The summed E-state index contributed by atoms with van der Waals surface area (Å²) in [5.74, 6) is -1.32. The highest BCUT2D eigenvalue weighted by atomic mass is 32.2. The van der Waals surface area contributed by atoms with Gasteiger partial charge in [-0.2, -0.15) is 13.2 Å². The Morgan fingerprint density at radius 2 is 1.65 bits per heavy atom. The van der Waals surface area contributed by atoms with E-state index in [1.165, 1.54) is 35.2 Å². The molecule has 0 heterocycles. The standard InChI is InChI=1S/C25H31F4N3O4S/c1-17(2)30-24(34)18(3)31(16-19-10-12-21(26)13-11-19)23(33)9-6-14-32(37(4,35)36)22-8-5-7-20(15-22)25(27,28)29/h5,7-8,10-13,15,17-18H,6,9,14,16H2,1-4H3,(H,30,34)/t18-/m0/s1. The predicted octanol–water partition coefficient (Wildman–Crippen LogP) is 4.33. The maximum Gasteiger partial charge on any atom is 0.416 e. The fraction of sp³-hybridized carbons (Fsp3) is 0.440. The molecule has 2 rings (SSSR count). The first-order chi connectivity index (χ1) is 17.1. The number of carbonyl (C=O) groups excluding carboxylic acids is 2. The molecule has 0 aliphatic carbocycles. The number of hydrogen-bond donors (Lipinski definition) is 1. The molecule has 0 unspecified atom stereocenters. The Bertz CT molecular complexity index is 1190. The first-order valence-corrected chi connectivity index (χ1v) is 13.4. The lowest BCUT2D eigenvalue weighted by molar-refractivity contribution is -0.140. The maximum absolute atomic E-state index is 13.3. The second-order valence-electron chi connectivity index (χ2n) is 8.97. The fourth-order valence-corrected chi connectivity index (χ4v) is 4.57. The van der Waals surface area contributed by atoms with Crippen LogP contribution in [0.2, 0.25) is 0 Å². The van der Waals surface area contributed by atoms with Crippen molar-refractivity contribution in [3.63, 3.8) is 0 Å². The van der Waals surface area contributed by atoms with Crippen molar-refractivity contribution >= 4 is 27.5 Å². The Balaban J connectivity index is 2.21. The average molecular weight is 546 g/mol. The molecule has 1 atom stereocenters. The number of benzene rings is 2. The van der Waals surface area contributed by atoms with Crippen molar-refractivity contribution in [2.75, 3.05) is 17.1 Å². The molecule has 0 aromatic heterocycles. The van der Waals surface area contributed by atoms with Gasteiger partial charge in [-0.25, -0.2) is 12.8 Å². The number of sulfonamides is 1. The van der Waals surface area contributed by atoms with Gasteiger partial charge in [-0.05, 0) is 63.1 Å². The van der Waals surface area contributed by atoms with E-state index in [-0.39, 0.29) is 37.7 Å². The Kier molecular flexibility index (Phi) is 10.1. The molecule has 0 spiro atoms. The molecule has 0 aliphatic heterocycles. The minimum Gasteiger partial charge on any atom is -0.352 e. The van der Waals surface area contributed by atoms with E-state index in [9.17, 15) is 35.6 Å². The summed E-state index contributed by atoms with van der Waals surface area (Å²) in [5, 5.41) is 2.73. The van der Waals surface area contributed by atoms with E-state index in [2.05, 4.69) is 5.32 Å². The van der Waals surface area contributed by atoms with Crippen molar-refractivity contribution in [2.24, 2.45) is 0 Å². The van der Waals surface area contributed by atoms with Crippen LogP contribution in [0.5, 0.6) is 0 Å². The summed E-state index contributed by atoms with van der Waals surface area (Å²) >= 11 is 0. The summed E-state index contributed by atoms with van der Waals surface area (Å²) in [7, 11) is -3.95. The van der Waals surface area contributed by atoms with E-state index in [1.54, 1.807) is 20.8 Å². The van der Waals surface area contributed by atoms with Crippen LogP contribution in [0, 0.1) is 5.82 Å². The van der Waals surface area contributed by atoms with Gasteiger partial charge in [0.05, 0.1) is 17.5 Å². The summed E-state index contributed by atoms with van der Waals surface area (Å²) in [6, 6.07) is 8.32. The molecule has 2 aromatic carbocycles. The van der Waals surface area contributed by atoms with Gasteiger partial charge in [0.15, 0.2) is 0 Å². The zero-order chi connectivity index (χ0) is 28.0. The summed E-state index contributed by atoms with van der Waals surface area (Å²) < 4.78 is 78.2. The lowest BCUT2D eigenvalue weighted by Gasteiger charge is -2.30. The second kappa shape index (κ2) is 12.4.